The average Bonchev–Trinajstić information content (AvgIpc) is 3.18. The maximum atomic E-state index is 13.3. The maximum absolute atomic E-state index is 13.3. The summed E-state index contributed by atoms with van der Waals surface area (Å²) in [5.41, 5.74) is 2.95. The van der Waals surface area contributed by atoms with Crippen molar-refractivity contribution in [2.24, 2.45) is 0 Å². The highest BCUT2D eigenvalue weighted by atomic mass is 16.8. The fraction of sp³-hybridized carbons (Fsp3) is 0.618. The molecule has 226 valence electrons. The number of fused-ring (bicyclic) bond motifs is 1. The van der Waals surface area contributed by atoms with Crippen LogP contribution < -0.4 is 0 Å². The van der Waals surface area contributed by atoms with E-state index in [1.54, 1.807) is 36.4 Å². The number of ether oxygens (including phenoxy) is 5. The van der Waals surface area contributed by atoms with Crippen molar-refractivity contribution in [1.82, 2.24) is 0 Å². The van der Waals surface area contributed by atoms with Crippen molar-refractivity contribution in [1.29, 1.82) is 0 Å². The topological polar surface area (TPSA) is 83.5 Å². The van der Waals surface area contributed by atoms with Gasteiger partial charge in [0.1, 0.15) is 31.0 Å². The molecule has 2 aliphatic heterocycles. The van der Waals surface area contributed by atoms with Crippen molar-refractivity contribution in [3.63, 3.8) is 0 Å². The van der Waals surface area contributed by atoms with Gasteiger partial charge in [-0.3, -0.25) is 4.79 Å². The van der Waals surface area contributed by atoms with Gasteiger partial charge in [-0.15, -0.1) is 0 Å². The maximum Gasteiger partial charge on any atom is 0.305 e. The van der Waals surface area contributed by atoms with E-state index in [0.29, 0.717) is 11.1 Å². The third-order valence-electron chi connectivity index (χ3n) is 6.14. The molecule has 2 fully saturated rings. The Labute approximate surface area is 276 Å². The van der Waals surface area contributed by atoms with Gasteiger partial charge >= 0.3 is 5.97 Å². The molecule has 0 radical (unpaired) electrons. The molecule has 2 saturated heterocycles. The molecule has 0 aliphatic carbocycles. The molecular weight excluding hydrogens is 520 g/mol. The third-order valence-corrected chi connectivity index (χ3v) is 6.14. The number of benzene rings is 2. The quantitative estimate of drug-likeness (QED) is 0.223. The number of hydrogen-bond donors (Lipinski definition) is 1. The van der Waals surface area contributed by atoms with Gasteiger partial charge in [-0.05, 0) is 20.2 Å². The Morgan fingerprint density at radius 1 is 0.878 bits per heavy atom. The minimum atomic E-state index is -4.82. The van der Waals surface area contributed by atoms with E-state index in [4.69, 9.17) is 53.8 Å². The monoisotopic (exact) mass is 590 g/mol. The lowest BCUT2D eigenvalue weighted by molar-refractivity contribution is -0.373. The number of aliphatic hydroxyl groups is 1. The summed E-state index contributed by atoms with van der Waals surface area (Å²) in [7, 11) is 0. The molecule has 0 bridgehead atoms. The van der Waals surface area contributed by atoms with Gasteiger partial charge in [-0.1, -0.05) is 117 Å². The fourth-order valence-corrected chi connectivity index (χ4v) is 4.07. The van der Waals surface area contributed by atoms with Gasteiger partial charge in [-0.2, -0.15) is 0 Å². The van der Waals surface area contributed by atoms with E-state index in [2.05, 4.69) is 0 Å². The minimum Gasteiger partial charge on any atom is -0.463 e. The van der Waals surface area contributed by atoms with E-state index < -0.39 is 120 Å². The SMILES string of the molecule is [2H]C(C(=O)OC[C@@H](O)[C@H]1OC(c2ccc(C)cc2)O[C@H]2COC(c3ccc(C)cc3)O[C@@H]12)C([2H])([2H])C([2H])([2H])C([2H])([2H])C([2H])([2H])C([2H])([2H])C([2H])([2H])C([2H])([2H])C([2H])([2H])C([2H])([2H])C([2H])([2H])[2H]. The number of aliphatic hydroxyl groups excluding tert-OH is 1. The normalized spacial score (nSPS) is 37.1. The van der Waals surface area contributed by atoms with Crippen LogP contribution in [0.4, 0.5) is 0 Å². The molecule has 0 aromatic heterocycles. The Morgan fingerprint density at radius 3 is 2.10 bits per heavy atom. The molecule has 4 rings (SSSR count). The lowest BCUT2D eigenvalue weighted by atomic mass is 9.99. The molecule has 7 heteroatoms. The van der Waals surface area contributed by atoms with E-state index in [1.165, 1.54) is 0 Å². The summed E-state index contributed by atoms with van der Waals surface area (Å²) in [5.74, 6) is -1.96. The Balaban J connectivity index is 1.59. The Bertz CT molecular complexity index is 1920. The van der Waals surface area contributed by atoms with E-state index in [0.717, 1.165) is 11.1 Å². The van der Waals surface area contributed by atoms with Crippen LogP contribution in [0.2, 0.25) is 0 Å². The number of hydrogen-bond acceptors (Lipinski definition) is 7. The van der Waals surface area contributed by atoms with Crippen LogP contribution in [0.1, 0.15) is 136 Å². The van der Waals surface area contributed by atoms with Gasteiger partial charge in [0.25, 0.3) is 0 Å². The standard InChI is InChI=1S/C34H48O7/c1-4-5-6-7-8-9-10-11-12-13-30(36)37-22-28(35)31-32-29(39-34(40-31)27-20-16-25(3)17-21-27)23-38-33(41-32)26-18-14-24(2)15-19-26/h14-21,28-29,31-35H,4-13,22-23H2,1-3H3/t28-,29+,31-,32-,33?,34?/m1/s1/i1D3,4D2,5D2,6D2,7D2,8D2,9D2,10D2,11D2,12D2,13D/t13?,28-,29+,31-,32-,33?,34?. The summed E-state index contributed by atoms with van der Waals surface area (Å²) >= 11 is 0. The summed E-state index contributed by atoms with van der Waals surface area (Å²) < 4.78 is 207. The van der Waals surface area contributed by atoms with Crippen molar-refractivity contribution in [3.05, 3.63) is 70.8 Å². The molecule has 2 aliphatic rings. The summed E-state index contributed by atoms with van der Waals surface area (Å²) in [6, 6.07) is 14.0. The van der Waals surface area contributed by atoms with Crippen LogP contribution in [0.25, 0.3) is 0 Å². The highest BCUT2D eigenvalue weighted by molar-refractivity contribution is 5.69. The second-order valence-electron chi connectivity index (χ2n) is 9.18. The van der Waals surface area contributed by atoms with Crippen LogP contribution in [-0.2, 0) is 28.5 Å². The first-order chi connectivity index (χ1) is 28.3. The van der Waals surface area contributed by atoms with Crippen molar-refractivity contribution in [3.8, 4) is 0 Å². The van der Waals surface area contributed by atoms with Crippen LogP contribution in [0, 0.1) is 13.8 Å². The Hall–Kier alpha value is -2.29. The molecule has 0 amide bonds. The van der Waals surface area contributed by atoms with E-state index >= 15 is 0 Å². The molecule has 2 aromatic rings. The van der Waals surface area contributed by atoms with Gasteiger partial charge in [0.2, 0.25) is 0 Å². The first-order valence-electron chi connectivity index (χ1n) is 23.8. The van der Waals surface area contributed by atoms with E-state index in [1.807, 2.05) is 26.0 Å². The third kappa shape index (κ3) is 9.62. The zero-order chi connectivity index (χ0) is 48.5. The van der Waals surface area contributed by atoms with Crippen LogP contribution in [0.15, 0.2) is 48.5 Å². The first kappa shape index (κ1) is 13.6. The van der Waals surface area contributed by atoms with Crippen LogP contribution in [0.3, 0.4) is 0 Å². The van der Waals surface area contributed by atoms with Gasteiger partial charge in [0, 0.05) is 47.7 Å². The fourth-order valence-electron chi connectivity index (χ4n) is 4.07. The first-order valence-corrected chi connectivity index (χ1v) is 12.8. The predicted molar refractivity (Wildman–Crippen MR) is 157 cm³/mol. The highest BCUT2D eigenvalue weighted by Crippen LogP contribution is 2.39. The number of rotatable bonds is 15. The van der Waals surface area contributed by atoms with Gasteiger partial charge in [0.05, 0.1) is 6.61 Å². The molecule has 2 aromatic carbocycles. The smallest absolute Gasteiger partial charge is 0.305 e. The van der Waals surface area contributed by atoms with Crippen LogP contribution in [0.5, 0.6) is 0 Å². The number of carbonyl (C=O) groups excluding carboxylic acids is 1. The molecule has 3 unspecified atom stereocenters. The largest absolute Gasteiger partial charge is 0.463 e. The Kier molecular flexibility index (Phi) is 5.42. The molecule has 2 heterocycles. The molecule has 41 heavy (non-hydrogen) atoms. The lowest BCUT2D eigenvalue weighted by Crippen LogP contribution is -2.58. The second kappa shape index (κ2) is 16.4. The number of aryl methyl sites for hydroxylation is 2. The second-order valence-corrected chi connectivity index (χ2v) is 9.18. The van der Waals surface area contributed by atoms with Crippen molar-refractivity contribution < 1.29 is 63.7 Å². The molecular formula is C34H48O7. The van der Waals surface area contributed by atoms with E-state index in [9.17, 15) is 9.90 Å². The van der Waals surface area contributed by atoms with Gasteiger partial charge in [-0.25, -0.2) is 0 Å². The summed E-state index contributed by atoms with van der Waals surface area (Å²) in [4.78, 5) is 13.3. The lowest BCUT2D eigenvalue weighted by Gasteiger charge is -2.47. The Morgan fingerprint density at radius 2 is 1.46 bits per heavy atom. The van der Waals surface area contributed by atoms with Crippen molar-refractivity contribution in [2.75, 3.05) is 13.2 Å². The van der Waals surface area contributed by atoms with Gasteiger partial charge in [0.15, 0.2) is 12.6 Å². The van der Waals surface area contributed by atoms with Crippen molar-refractivity contribution in [2.45, 2.75) is 121 Å². The molecule has 1 N–H and O–H groups in total. The minimum absolute atomic E-state index is 0.0634. The molecule has 7 nitrogen and oxygen atoms in total. The van der Waals surface area contributed by atoms with Gasteiger partial charge < -0.3 is 28.8 Å². The predicted octanol–water partition coefficient (Wildman–Crippen LogP) is 7.03. The summed E-state index contributed by atoms with van der Waals surface area (Å²) in [6.07, 6.45) is -51.9. The highest BCUT2D eigenvalue weighted by Gasteiger charge is 2.48. The zero-order valence-electron chi connectivity index (χ0n) is 44.5. The number of esters is 1. The number of carbonyl (C=O) groups is 1. The zero-order valence-corrected chi connectivity index (χ0v) is 22.5. The molecule has 0 saturated carbocycles. The molecule has 7 atom stereocenters. The van der Waals surface area contributed by atoms with Crippen LogP contribution in [-0.4, -0.2) is 48.7 Å². The van der Waals surface area contributed by atoms with E-state index in [-0.39, 0.29) is 6.61 Å². The van der Waals surface area contributed by atoms with Crippen molar-refractivity contribution >= 4 is 5.97 Å². The van der Waals surface area contributed by atoms with Crippen LogP contribution >= 0.6 is 0 Å². The average molecular weight is 591 g/mol. The summed E-state index contributed by atoms with van der Waals surface area (Å²) in [6.45, 7) is -1.46. The molecule has 0 spiro atoms. The summed E-state index contributed by atoms with van der Waals surface area (Å²) in [5, 5.41) is 11.4.